The van der Waals surface area contributed by atoms with Crippen molar-refractivity contribution in [3.8, 4) is 0 Å². The van der Waals surface area contributed by atoms with E-state index >= 15 is 0 Å². The van der Waals surface area contributed by atoms with Crippen LogP contribution in [0.2, 0.25) is 5.28 Å². The first kappa shape index (κ1) is 19.1. The van der Waals surface area contributed by atoms with Gasteiger partial charge in [-0.3, -0.25) is 0 Å². The maximum absolute atomic E-state index is 8.06. The van der Waals surface area contributed by atoms with Crippen molar-refractivity contribution in [2.45, 2.75) is 59.0 Å². The summed E-state index contributed by atoms with van der Waals surface area (Å²) >= 11 is 2.69. The highest BCUT2D eigenvalue weighted by Crippen LogP contribution is 1.92. The molecule has 13 heavy (non-hydrogen) atoms. The van der Waals surface area contributed by atoms with Gasteiger partial charge in [-0.05, 0) is 27.7 Å². The van der Waals surface area contributed by atoms with Crippen LogP contribution < -0.4 is 0 Å². The quantitative estimate of drug-likeness (QED) is 0.641. The second-order valence-electron chi connectivity index (χ2n) is 3.82. The molecule has 0 aromatic heterocycles. The van der Waals surface area contributed by atoms with E-state index in [9.17, 15) is 0 Å². The van der Waals surface area contributed by atoms with Gasteiger partial charge in [0.05, 0.1) is 0 Å². The molecule has 0 atom stereocenters. The molecule has 0 unspecified atom stereocenters. The molecular weight excluding hydrogens is 179 g/mol. The minimum Gasteiger partial charge on any atom is -0.394 e. The lowest BCUT2D eigenvalue weighted by Gasteiger charge is -1.91. The zero-order chi connectivity index (χ0) is 11.4. The van der Waals surface area contributed by atoms with Crippen LogP contribution in [0.3, 0.4) is 0 Å². The van der Waals surface area contributed by atoms with E-state index in [0.717, 1.165) is 5.92 Å². The number of hydrogen-bond acceptors (Lipinski definition) is 2. The van der Waals surface area contributed by atoms with Gasteiger partial charge in [-0.1, -0.05) is 19.8 Å². The molecule has 80 valence electrons. The monoisotopic (exact) mass is 204 g/mol. The Morgan fingerprint density at radius 2 is 0.923 bits per heavy atom. The summed E-state index contributed by atoms with van der Waals surface area (Å²) in [7, 11) is 0. The Morgan fingerprint density at radius 1 is 0.846 bits per heavy atom. The number of hydrogen-bond donors (Lipinski definition) is 2. The second-order valence-corrected chi connectivity index (χ2v) is 4.29. The molecule has 0 spiro atoms. The molecule has 2 radical (unpaired) electrons. The Bertz CT molecular complexity index is 61.8. The zero-order valence-electron chi connectivity index (χ0n) is 9.91. The van der Waals surface area contributed by atoms with E-state index in [0.29, 0.717) is 0 Å². The lowest BCUT2D eigenvalue weighted by atomic mass is 10.3. The predicted molar refractivity (Wildman–Crippen MR) is 60.1 cm³/mol. The van der Waals surface area contributed by atoms with Crippen molar-refractivity contribution in [3.63, 3.8) is 0 Å². The molecule has 0 aromatic rings. The van der Waals surface area contributed by atoms with Gasteiger partial charge in [0.15, 0.2) is 0 Å². The lowest BCUT2D eigenvalue weighted by molar-refractivity contribution is 0.215. The van der Waals surface area contributed by atoms with E-state index in [4.69, 9.17) is 10.2 Å². The van der Waals surface area contributed by atoms with Crippen LogP contribution in [0, 0.1) is 5.92 Å². The van der Waals surface area contributed by atoms with Gasteiger partial charge in [0.2, 0.25) is 0 Å². The van der Waals surface area contributed by atoms with Crippen molar-refractivity contribution in [1.29, 1.82) is 0 Å². The van der Waals surface area contributed by atoms with Gasteiger partial charge in [0.1, 0.15) is 16.3 Å². The van der Waals surface area contributed by atoms with E-state index in [1.807, 2.05) is 0 Å². The summed E-state index contributed by atoms with van der Waals surface area (Å²) in [4.78, 5) is 0. The zero-order valence-corrected chi connectivity index (χ0v) is 11.1. The van der Waals surface area contributed by atoms with Crippen LogP contribution >= 0.6 is 0 Å². The predicted octanol–water partition coefficient (Wildman–Crippen LogP) is 2.00. The average molecular weight is 204 g/mol. The molecule has 0 aromatic carbocycles. The van der Waals surface area contributed by atoms with Crippen molar-refractivity contribution >= 4 is 16.3 Å². The number of rotatable bonds is 1. The Kier molecular flexibility index (Phi) is 22.0. The van der Waals surface area contributed by atoms with Gasteiger partial charge < -0.3 is 10.2 Å². The standard InChI is InChI=1S/C4H9.2C3H8O.Al/c1-4(2)3;2*1-3(2)4;/h4H,1H2,2-3H3;2*3-4H,1-2H3;. The highest BCUT2D eigenvalue weighted by molar-refractivity contribution is 6.08. The molecule has 0 aliphatic rings. The van der Waals surface area contributed by atoms with Crippen LogP contribution in [0.15, 0.2) is 0 Å². The molecular formula is C10H25AlO2. The topological polar surface area (TPSA) is 40.5 Å². The van der Waals surface area contributed by atoms with Crippen LogP contribution in [0.25, 0.3) is 0 Å². The van der Waals surface area contributed by atoms with Gasteiger partial charge in [0.25, 0.3) is 0 Å². The summed E-state index contributed by atoms with van der Waals surface area (Å²) < 4.78 is 0. The van der Waals surface area contributed by atoms with Crippen molar-refractivity contribution in [2.75, 3.05) is 0 Å². The normalized spacial score (nSPS) is 9.15. The summed E-state index contributed by atoms with van der Waals surface area (Å²) in [5.41, 5.74) is 0. The van der Waals surface area contributed by atoms with Crippen LogP contribution in [0.1, 0.15) is 41.5 Å². The molecule has 0 heterocycles. The van der Waals surface area contributed by atoms with Crippen LogP contribution in [-0.4, -0.2) is 38.7 Å². The fraction of sp³-hybridized carbons (Fsp3) is 1.00. The van der Waals surface area contributed by atoms with Crippen LogP contribution in [0.4, 0.5) is 0 Å². The fourth-order valence-corrected chi connectivity index (χ4v) is 0. The lowest BCUT2D eigenvalue weighted by Crippen LogP contribution is -1.85. The average Bonchev–Trinajstić information content (AvgIpc) is 1.84. The van der Waals surface area contributed by atoms with Gasteiger partial charge in [-0.25, -0.2) is 0 Å². The third-order valence-electron chi connectivity index (χ3n) is 0.471. The molecule has 0 rings (SSSR count). The molecule has 0 fully saturated rings. The van der Waals surface area contributed by atoms with Crippen molar-refractivity contribution in [1.82, 2.24) is 0 Å². The fourth-order valence-electron chi connectivity index (χ4n) is 0. The highest BCUT2D eigenvalue weighted by atomic mass is 27.0. The largest absolute Gasteiger partial charge is 0.394 e. The molecule has 0 saturated carbocycles. The summed E-state index contributed by atoms with van der Waals surface area (Å²) in [5.74, 6) is 0.847. The minimum atomic E-state index is -0.167. The van der Waals surface area contributed by atoms with Crippen molar-refractivity contribution < 1.29 is 10.2 Å². The van der Waals surface area contributed by atoms with Crippen LogP contribution in [0.5, 0.6) is 0 Å². The molecule has 2 N–H and O–H groups in total. The minimum absolute atomic E-state index is 0.167. The summed E-state index contributed by atoms with van der Waals surface area (Å²) in [6.45, 7) is 11.3. The molecule has 0 amide bonds. The van der Waals surface area contributed by atoms with E-state index < -0.39 is 0 Å². The maximum atomic E-state index is 8.06. The molecule has 0 aliphatic heterocycles. The molecule has 0 saturated heterocycles. The third kappa shape index (κ3) is 226. The first-order valence-corrected chi connectivity index (χ1v) is 5.61. The molecule has 0 bridgehead atoms. The van der Waals surface area contributed by atoms with Gasteiger partial charge >= 0.3 is 0 Å². The molecule has 0 aliphatic carbocycles. The number of aliphatic hydroxyl groups excluding tert-OH is 2. The Morgan fingerprint density at radius 3 is 0.923 bits per heavy atom. The summed E-state index contributed by atoms with van der Waals surface area (Å²) in [6, 6.07) is 0. The SMILES string of the molecule is CC(C)O.CC(C)O.CC(C)[CH2][Al]. The van der Waals surface area contributed by atoms with E-state index in [1.54, 1.807) is 27.7 Å². The number of aliphatic hydroxyl groups is 2. The molecule has 2 nitrogen and oxygen atoms in total. The van der Waals surface area contributed by atoms with Crippen molar-refractivity contribution in [3.05, 3.63) is 0 Å². The summed E-state index contributed by atoms with van der Waals surface area (Å²) in [6.07, 6.45) is -0.333. The van der Waals surface area contributed by atoms with Gasteiger partial charge in [-0.2, -0.15) is 0 Å². The van der Waals surface area contributed by atoms with E-state index in [-0.39, 0.29) is 12.2 Å². The third-order valence-corrected chi connectivity index (χ3v) is 1.41. The maximum Gasteiger partial charge on any atom is 0.118 e. The van der Waals surface area contributed by atoms with E-state index in [2.05, 4.69) is 30.1 Å². The Hall–Kier alpha value is 0.452. The van der Waals surface area contributed by atoms with Gasteiger partial charge in [-0.15, -0.1) is 5.28 Å². The first-order chi connectivity index (χ1) is 5.73. The summed E-state index contributed by atoms with van der Waals surface area (Å²) in [5, 5.41) is 17.3. The Labute approximate surface area is 91.8 Å². The smallest absolute Gasteiger partial charge is 0.118 e. The Balaban J connectivity index is -0.000000117. The second kappa shape index (κ2) is 14.9. The van der Waals surface area contributed by atoms with Crippen molar-refractivity contribution in [2.24, 2.45) is 5.92 Å². The molecule has 3 heteroatoms. The van der Waals surface area contributed by atoms with Gasteiger partial charge in [0, 0.05) is 12.2 Å². The highest BCUT2D eigenvalue weighted by Gasteiger charge is 1.79. The van der Waals surface area contributed by atoms with E-state index in [1.165, 1.54) is 5.28 Å². The first-order valence-electron chi connectivity index (χ1n) is 4.80. The van der Waals surface area contributed by atoms with Crippen LogP contribution in [-0.2, 0) is 0 Å².